The Bertz CT molecular complexity index is 614. The van der Waals surface area contributed by atoms with E-state index in [2.05, 4.69) is 58.7 Å². The molecule has 0 amide bonds. The van der Waals surface area contributed by atoms with Gasteiger partial charge in [-0.1, -0.05) is 12.1 Å². The van der Waals surface area contributed by atoms with Gasteiger partial charge in [-0.3, -0.25) is 0 Å². The summed E-state index contributed by atoms with van der Waals surface area (Å²) < 4.78 is 3.12. The normalized spacial score (nSPS) is 11.1. The van der Waals surface area contributed by atoms with Crippen LogP contribution in [-0.4, -0.2) is 16.6 Å². The maximum atomic E-state index is 4.75. The van der Waals surface area contributed by atoms with Crippen LogP contribution in [-0.2, 0) is 13.6 Å². The van der Waals surface area contributed by atoms with Gasteiger partial charge in [-0.2, -0.15) is 0 Å². The van der Waals surface area contributed by atoms with Crippen molar-refractivity contribution in [1.29, 1.82) is 0 Å². The van der Waals surface area contributed by atoms with E-state index in [0.717, 1.165) is 22.7 Å². The van der Waals surface area contributed by atoms with Crippen molar-refractivity contribution >= 4 is 15.9 Å². The lowest BCUT2D eigenvalue weighted by Crippen LogP contribution is -2.10. The highest BCUT2D eigenvalue weighted by atomic mass is 79.9. The fourth-order valence-corrected chi connectivity index (χ4v) is 2.73. The third-order valence-corrected chi connectivity index (χ3v) is 4.67. The van der Waals surface area contributed by atoms with Crippen LogP contribution in [0.4, 0.5) is 0 Å². The number of halogens is 1. The number of nitrogens with one attached hydrogen (secondary N) is 1. The molecule has 3 nitrogen and oxygen atoms in total. The molecule has 0 saturated heterocycles. The molecular formula is C15H20BrN3. The summed E-state index contributed by atoms with van der Waals surface area (Å²) in [6.07, 6.45) is 0. The fourth-order valence-electron chi connectivity index (χ4n) is 2.22. The Labute approximate surface area is 123 Å². The minimum Gasteiger partial charge on any atom is -0.324 e. The molecule has 0 aliphatic carbocycles. The van der Waals surface area contributed by atoms with E-state index in [1.165, 1.54) is 22.3 Å². The van der Waals surface area contributed by atoms with E-state index in [1.807, 2.05) is 14.1 Å². The molecule has 0 spiro atoms. The summed E-state index contributed by atoms with van der Waals surface area (Å²) in [5.41, 5.74) is 6.19. The molecule has 0 aliphatic rings. The van der Waals surface area contributed by atoms with E-state index in [0.29, 0.717) is 0 Å². The number of imidazole rings is 1. The average Bonchev–Trinajstić information content (AvgIpc) is 2.65. The maximum Gasteiger partial charge on any atom is 0.124 e. The molecule has 0 unspecified atom stereocenters. The smallest absolute Gasteiger partial charge is 0.124 e. The van der Waals surface area contributed by atoms with Gasteiger partial charge in [0.15, 0.2) is 0 Å². The lowest BCUT2D eigenvalue weighted by molar-refractivity contribution is 0.704. The second-order valence-electron chi connectivity index (χ2n) is 4.94. The maximum absolute atomic E-state index is 4.75. The summed E-state index contributed by atoms with van der Waals surface area (Å²) in [5, 5.41) is 3.15. The molecule has 2 aromatic rings. The van der Waals surface area contributed by atoms with E-state index < -0.39 is 0 Å². The van der Waals surface area contributed by atoms with E-state index in [1.54, 1.807) is 0 Å². The highest BCUT2D eigenvalue weighted by molar-refractivity contribution is 9.10. The Morgan fingerprint density at radius 3 is 2.53 bits per heavy atom. The number of aromatic nitrogens is 2. The molecule has 1 aromatic heterocycles. The third kappa shape index (κ3) is 2.47. The van der Waals surface area contributed by atoms with Crippen molar-refractivity contribution in [3.63, 3.8) is 0 Å². The van der Waals surface area contributed by atoms with Crippen molar-refractivity contribution in [2.45, 2.75) is 27.3 Å². The van der Waals surface area contributed by atoms with Crippen LogP contribution < -0.4 is 5.32 Å². The minimum atomic E-state index is 0.763. The van der Waals surface area contributed by atoms with Crippen molar-refractivity contribution < 1.29 is 0 Å². The second kappa shape index (κ2) is 5.47. The lowest BCUT2D eigenvalue weighted by atomic mass is 9.97. The number of hydrogen-bond acceptors (Lipinski definition) is 2. The Morgan fingerprint density at radius 1 is 1.21 bits per heavy atom. The highest BCUT2D eigenvalue weighted by Crippen LogP contribution is 2.32. The Hall–Kier alpha value is -1.13. The predicted octanol–water partition coefficient (Wildman–Crippen LogP) is 3.49. The van der Waals surface area contributed by atoms with Crippen LogP contribution in [0.15, 0.2) is 16.7 Å². The molecule has 4 heteroatoms. The lowest BCUT2D eigenvalue weighted by Gasteiger charge is -2.09. The Kier molecular flexibility index (Phi) is 4.11. The zero-order chi connectivity index (χ0) is 14.2. The SMILES string of the molecule is CNCc1nc(-c2ccc(C)c(C)c2C)c(Br)n1C. The van der Waals surface area contributed by atoms with Gasteiger partial charge in [0, 0.05) is 12.6 Å². The largest absolute Gasteiger partial charge is 0.324 e. The van der Waals surface area contributed by atoms with Crippen LogP contribution >= 0.6 is 15.9 Å². The van der Waals surface area contributed by atoms with Crippen LogP contribution in [0.3, 0.4) is 0 Å². The Morgan fingerprint density at radius 2 is 1.89 bits per heavy atom. The predicted molar refractivity (Wildman–Crippen MR) is 83.3 cm³/mol. The van der Waals surface area contributed by atoms with Crippen LogP contribution in [0.5, 0.6) is 0 Å². The highest BCUT2D eigenvalue weighted by Gasteiger charge is 2.16. The van der Waals surface area contributed by atoms with Crippen molar-refractivity contribution in [1.82, 2.24) is 14.9 Å². The van der Waals surface area contributed by atoms with Crippen molar-refractivity contribution in [3.05, 3.63) is 39.3 Å². The molecular weight excluding hydrogens is 302 g/mol. The van der Waals surface area contributed by atoms with Gasteiger partial charge in [-0.15, -0.1) is 0 Å². The van der Waals surface area contributed by atoms with E-state index in [4.69, 9.17) is 4.98 Å². The first-order valence-electron chi connectivity index (χ1n) is 6.40. The van der Waals surface area contributed by atoms with E-state index >= 15 is 0 Å². The zero-order valence-electron chi connectivity index (χ0n) is 12.1. The first kappa shape index (κ1) is 14.3. The van der Waals surface area contributed by atoms with E-state index in [-0.39, 0.29) is 0 Å². The topological polar surface area (TPSA) is 29.9 Å². The molecule has 0 aliphatic heterocycles. The van der Waals surface area contributed by atoms with Gasteiger partial charge in [-0.05, 0) is 60.4 Å². The molecule has 2 rings (SSSR count). The van der Waals surface area contributed by atoms with Gasteiger partial charge in [-0.25, -0.2) is 4.98 Å². The van der Waals surface area contributed by atoms with Crippen LogP contribution in [0.25, 0.3) is 11.3 Å². The van der Waals surface area contributed by atoms with Gasteiger partial charge < -0.3 is 9.88 Å². The first-order valence-corrected chi connectivity index (χ1v) is 7.19. The number of nitrogens with zero attached hydrogens (tertiary/aromatic N) is 2. The number of hydrogen-bond donors (Lipinski definition) is 1. The number of benzene rings is 1. The summed E-state index contributed by atoms with van der Waals surface area (Å²) >= 11 is 3.66. The fraction of sp³-hybridized carbons (Fsp3) is 0.400. The molecule has 0 bridgehead atoms. The molecule has 1 aromatic carbocycles. The first-order chi connectivity index (χ1) is 8.97. The summed E-state index contributed by atoms with van der Waals surface area (Å²) in [6.45, 7) is 7.24. The zero-order valence-corrected chi connectivity index (χ0v) is 13.7. The summed E-state index contributed by atoms with van der Waals surface area (Å²) in [6, 6.07) is 4.32. The molecule has 0 saturated carbocycles. The number of rotatable bonds is 3. The Balaban J connectivity index is 2.60. The third-order valence-electron chi connectivity index (χ3n) is 3.77. The van der Waals surface area contributed by atoms with E-state index in [9.17, 15) is 0 Å². The van der Waals surface area contributed by atoms with Crippen LogP contribution in [0.2, 0.25) is 0 Å². The molecule has 1 N–H and O–H groups in total. The molecule has 19 heavy (non-hydrogen) atoms. The molecule has 0 radical (unpaired) electrons. The van der Waals surface area contributed by atoms with Gasteiger partial charge in [0.05, 0.1) is 6.54 Å². The monoisotopic (exact) mass is 321 g/mol. The van der Waals surface area contributed by atoms with Crippen LogP contribution in [0.1, 0.15) is 22.5 Å². The average molecular weight is 322 g/mol. The summed E-state index contributed by atoms with van der Waals surface area (Å²) in [5.74, 6) is 1.03. The summed E-state index contributed by atoms with van der Waals surface area (Å²) in [4.78, 5) is 4.75. The van der Waals surface area contributed by atoms with Crippen LogP contribution in [0, 0.1) is 20.8 Å². The second-order valence-corrected chi connectivity index (χ2v) is 5.69. The molecule has 0 atom stereocenters. The quantitative estimate of drug-likeness (QED) is 0.937. The van der Waals surface area contributed by atoms with Gasteiger partial charge in [0.25, 0.3) is 0 Å². The van der Waals surface area contributed by atoms with Crippen molar-refractivity contribution in [2.24, 2.45) is 7.05 Å². The summed E-state index contributed by atoms with van der Waals surface area (Å²) in [7, 11) is 3.97. The molecule has 0 fully saturated rings. The number of aryl methyl sites for hydroxylation is 1. The van der Waals surface area contributed by atoms with Crippen molar-refractivity contribution in [2.75, 3.05) is 7.05 Å². The van der Waals surface area contributed by atoms with Gasteiger partial charge in [0.2, 0.25) is 0 Å². The molecule has 1 heterocycles. The van der Waals surface area contributed by atoms with Gasteiger partial charge in [0.1, 0.15) is 16.1 Å². The molecule has 102 valence electrons. The minimum absolute atomic E-state index is 0.763. The van der Waals surface area contributed by atoms with Gasteiger partial charge >= 0.3 is 0 Å². The standard InChI is InChI=1S/C15H20BrN3/c1-9-6-7-12(11(3)10(9)2)14-15(16)19(5)13(18-14)8-17-4/h6-7,17H,8H2,1-5H3. The van der Waals surface area contributed by atoms with Crippen molar-refractivity contribution in [3.8, 4) is 11.3 Å².